The van der Waals surface area contributed by atoms with Crippen molar-refractivity contribution in [2.45, 2.75) is 0 Å². The lowest BCUT2D eigenvalue weighted by Gasteiger charge is -2.08. The van der Waals surface area contributed by atoms with E-state index in [0.29, 0.717) is 11.3 Å². The van der Waals surface area contributed by atoms with E-state index in [9.17, 15) is 4.39 Å². The van der Waals surface area contributed by atoms with Crippen molar-refractivity contribution in [3.05, 3.63) is 84.8 Å². The Morgan fingerprint density at radius 1 is 0.778 bits per heavy atom. The molecule has 0 saturated carbocycles. The molecule has 0 atom stereocenters. The lowest BCUT2D eigenvalue weighted by Crippen LogP contribution is -1.95. The third kappa shape index (κ3) is 1.92. The third-order valence-corrected chi connectivity index (χ3v) is 5.09. The lowest BCUT2D eigenvalue weighted by atomic mass is 10.1. The molecule has 4 heteroatoms. The minimum atomic E-state index is -0.293. The molecule has 6 aromatic rings. The SMILES string of the molecule is Fc1cc(-n2c3ccccc3c3ncccc32)c2oc3ccccc3c2c1. The van der Waals surface area contributed by atoms with Gasteiger partial charge < -0.3 is 8.98 Å². The Kier molecular flexibility index (Phi) is 2.78. The summed E-state index contributed by atoms with van der Waals surface area (Å²) in [6.45, 7) is 0. The van der Waals surface area contributed by atoms with Crippen LogP contribution in [0, 0.1) is 5.82 Å². The summed E-state index contributed by atoms with van der Waals surface area (Å²) in [7, 11) is 0. The van der Waals surface area contributed by atoms with E-state index in [1.807, 2.05) is 65.2 Å². The Labute approximate surface area is 153 Å². The van der Waals surface area contributed by atoms with Gasteiger partial charge in [0.15, 0.2) is 5.58 Å². The van der Waals surface area contributed by atoms with Crippen molar-refractivity contribution in [1.82, 2.24) is 9.55 Å². The molecule has 128 valence electrons. The summed E-state index contributed by atoms with van der Waals surface area (Å²) in [5.74, 6) is -0.293. The number of halogens is 1. The summed E-state index contributed by atoms with van der Waals surface area (Å²) in [4.78, 5) is 4.56. The van der Waals surface area contributed by atoms with Gasteiger partial charge in [0.05, 0.1) is 22.2 Å². The molecular weight excluding hydrogens is 339 g/mol. The van der Waals surface area contributed by atoms with E-state index in [0.717, 1.165) is 38.3 Å². The first kappa shape index (κ1) is 14.5. The topological polar surface area (TPSA) is 31.0 Å². The number of nitrogens with zero attached hydrogens (tertiary/aromatic N) is 2. The van der Waals surface area contributed by atoms with Gasteiger partial charge in [0.25, 0.3) is 0 Å². The minimum absolute atomic E-state index is 0.293. The lowest BCUT2D eigenvalue weighted by molar-refractivity contribution is 0.624. The Hall–Kier alpha value is -3.66. The van der Waals surface area contributed by atoms with Crippen LogP contribution >= 0.6 is 0 Å². The van der Waals surface area contributed by atoms with Crippen LogP contribution in [0.25, 0.3) is 49.6 Å². The summed E-state index contributed by atoms with van der Waals surface area (Å²) < 4.78 is 22.8. The van der Waals surface area contributed by atoms with E-state index in [1.165, 1.54) is 12.1 Å². The second-order valence-corrected chi connectivity index (χ2v) is 6.62. The molecule has 0 aliphatic carbocycles. The van der Waals surface area contributed by atoms with Crippen molar-refractivity contribution >= 4 is 43.9 Å². The van der Waals surface area contributed by atoms with E-state index < -0.39 is 0 Å². The monoisotopic (exact) mass is 352 g/mol. The van der Waals surface area contributed by atoms with Crippen LogP contribution in [-0.2, 0) is 0 Å². The molecule has 3 nitrogen and oxygen atoms in total. The highest BCUT2D eigenvalue weighted by Gasteiger charge is 2.18. The number of pyridine rings is 1. The molecule has 6 rings (SSSR count). The van der Waals surface area contributed by atoms with E-state index in [-0.39, 0.29) is 5.82 Å². The van der Waals surface area contributed by atoms with Crippen LogP contribution in [0.15, 0.2) is 83.4 Å². The van der Waals surface area contributed by atoms with Crippen molar-refractivity contribution < 1.29 is 8.81 Å². The first-order valence-electron chi connectivity index (χ1n) is 8.76. The van der Waals surface area contributed by atoms with Crippen LogP contribution in [0.3, 0.4) is 0 Å². The highest BCUT2D eigenvalue weighted by Crippen LogP contribution is 2.37. The Morgan fingerprint density at radius 3 is 2.48 bits per heavy atom. The Balaban J connectivity index is 1.86. The zero-order chi connectivity index (χ0) is 18.0. The zero-order valence-corrected chi connectivity index (χ0v) is 14.2. The summed E-state index contributed by atoms with van der Waals surface area (Å²) >= 11 is 0. The van der Waals surface area contributed by atoms with E-state index in [2.05, 4.69) is 4.98 Å². The average molecular weight is 352 g/mol. The third-order valence-electron chi connectivity index (χ3n) is 5.09. The van der Waals surface area contributed by atoms with Crippen molar-refractivity contribution in [2.75, 3.05) is 0 Å². The first-order chi connectivity index (χ1) is 13.3. The summed E-state index contributed by atoms with van der Waals surface area (Å²) in [6.07, 6.45) is 1.78. The standard InChI is InChI=1S/C23H13FN2O/c24-14-12-17-15-6-2-4-10-21(15)27-23(17)20(13-14)26-18-8-3-1-7-16(18)22-19(26)9-5-11-25-22/h1-13H. The number of furan rings is 1. The van der Waals surface area contributed by atoms with Gasteiger partial charge in [-0.1, -0.05) is 36.4 Å². The maximum atomic E-state index is 14.6. The smallest absolute Gasteiger partial charge is 0.159 e. The molecule has 0 unspecified atom stereocenters. The average Bonchev–Trinajstić information content (AvgIpc) is 3.24. The second-order valence-electron chi connectivity index (χ2n) is 6.62. The molecule has 3 aromatic heterocycles. The van der Waals surface area contributed by atoms with Gasteiger partial charge in [-0.15, -0.1) is 0 Å². The maximum Gasteiger partial charge on any atom is 0.159 e. The highest BCUT2D eigenvalue weighted by molar-refractivity contribution is 6.11. The number of aromatic nitrogens is 2. The maximum absolute atomic E-state index is 14.6. The largest absolute Gasteiger partial charge is 0.454 e. The molecule has 0 bridgehead atoms. The molecule has 0 aliphatic heterocycles. The number of para-hydroxylation sites is 2. The van der Waals surface area contributed by atoms with Crippen molar-refractivity contribution in [1.29, 1.82) is 0 Å². The molecule has 0 amide bonds. The molecule has 0 saturated heterocycles. The van der Waals surface area contributed by atoms with Crippen LogP contribution in [0.1, 0.15) is 0 Å². The molecule has 0 aliphatic rings. The van der Waals surface area contributed by atoms with Gasteiger partial charge in [0.2, 0.25) is 0 Å². The van der Waals surface area contributed by atoms with Crippen LogP contribution < -0.4 is 0 Å². The molecule has 0 radical (unpaired) electrons. The van der Waals surface area contributed by atoms with Gasteiger partial charge >= 0.3 is 0 Å². The predicted molar refractivity (Wildman–Crippen MR) is 106 cm³/mol. The normalized spacial score (nSPS) is 11.9. The van der Waals surface area contributed by atoms with Crippen LogP contribution in [-0.4, -0.2) is 9.55 Å². The zero-order valence-electron chi connectivity index (χ0n) is 14.2. The van der Waals surface area contributed by atoms with Gasteiger partial charge in [-0.05, 0) is 30.3 Å². The molecule has 0 N–H and O–H groups in total. The van der Waals surface area contributed by atoms with Crippen molar-refractivity contribution in [3.8, 4) is 5.69 Å². The van der Waals surface area contributed by atoms with E-state index in [1.54, 1.807) is 6.20 Å². The number of hydrogen-bond acceptors (Lipinski definition) is 2. The fraction of sp³-hybridized carbons (Fsp3) is 0. The summed E-state index contributed by atoms with van der Waals surface area (Å²) in [5.41, 5.74) is 4.88. The number of rotatable bonds is 1. The summed E-state index contributed by atoms with van der Waals surface area (Å²) in [6, 6.07) is 22.7. The quantitative estimate of drug-likeness (QED) is 0.352. The van der Waals surface area contributed by atoms with Gasteiger partial charge in [0.1, 0.15) is 11.4 Å². The van der Waals surface area contributed by atoms with Crippen LogP contribution in [0.2, 0.25) is 0 Å². The van der Waals surface area contributed by atoms with E-state index >= 15 is 0 Å². The van der Waals surface area contributed by atoms with Gasteiger partial charge in [-0.3, -0.25) is 4.98 Å². The van der Waals surface area contributed by atoms with Crippen molar-refractivity contribution in [3.63, 3.8) is 0 Å². The molecule has 3 heterocycles. The van der Waals surface area contributed by atoms with Crippen molar-refractivity contribution in [2.24, 2.45) is 0 Å². The molecule has 3 aromatic carbocycles. The fourth-order valence-corrected chi connectivity index (χ4v) is 3.98. The van der Waals surface area contributed by atoms with Gasteiger partial charge in [-0.2, -0.15) is 0 Å². The molecule has 0 fully saturated rings. The summed E-state index contributed by atoms with van der Waals surface area (Å²) in [5, 5.41) is 2.71. The van der Waals surface area contributed by atoms with Crippen LogP contribution in [0.4, 0.5) is 4.39 Å². The predicted octanol–water partition coefficient (Wildman–Crippen LogP) is 6.22. The molecule has 0 spiro atoms. The Bertz CT molecular complexity index is 1440. The molecule has 27 heavy (non-hydrogen) atoms. The van der Waals surface area contributed by atoms with E-state index in [4.69, 9.17) is 4.42 Å². The molecular formula is C23H13FN2O. The second kappa shape index (κ2) is 5.17. The number of benzene rings is 3. The number of fused-ring (bicyclic) bond motifs is 6. The fourth-order valence-electron chi connectivity index (χ4n) is 3.98. The van der Waals surface area contributed by atoms with Crippen LogP contribution in [0.5, 0.6) is 0 Å². The first-order valence-corrected chi connectivity index (χ1v) is 8.76. The highest BCUT2D eigenvalue weighted by atomic mass is 19.1. The minimum Gasteiger partial charge on any atom is -0.454 e. The van der Waals surface area contributed by atoms with Gasteiger partial charge in [0, 0.05) is 28.4 Å². The Morgan fingerprint density at radius 2 is 1.56 bits per heavy atom. The number of hydrogen-bond donors (Lipinski definition) is 0. The van der Waals surface area contributed by atoms with Gasteiger partial charge in [-0.25, -0.2) is 4.39 Å².